The van der Waals surface area contributed by atoms with E-state index < -0.39 is 0 Å². The molecular formula is C24H25N3O3. The Morgan fingerprint density at radius 2 is 1.50 bits per heavy atom. The van der Waals surface area contributed by atoms with Crippen LogP contribution in [-0.4, -0.2) is 32.0 Å². The Bertz CT molecular complexity index is 955. The lowest BCUT2D eigenvalue weighted by Crippen LogP contribution is -2.31. The van der Waals surface area contributed by atoms with Crippen LogP contribution in [0.1, 0.15) is 15.9 Å². The van der Waals surface area contributed by atoms with Crippen molar-refractivity contribution in [3.05, 3.63) is 90.0 Å². The van der Waals surface area contributed by atoms with Crippen LogP contribution in [0.2, 0.25) is 0 Å². The van der Waals surface area contributed by atoms with Crippen molar-refractivity contribution < 1.29 is 14.3 Å². The van der Waals surface area contributed by atoms with E-state index in [1.807, 2.05) is 30.3 Å². The fourth-order valence-electron chi connectivity index (χ4n) is 2.85. The maximum Gasteiger partial charge on any atom is 0.255 e. The zero-order valence-corrected chi connectivity index (χ0v) is 16.9. The molecule has 0 bridgehead atoms. The van der Waals surface area contributed by atoms with Gasteiger partial charge in [0, 0.05) is 23.5 Å². The third kappa shape index (κ3) is 6.38. The highest BCUT2D eigenvalue weighted by Gasteiger charge is 2.07. The zero-order valence-electron chi connectivity index (χ0n) is 16.9. The topological polar surface area (TPSA) is 79.5 Å². The van der Waals surface area contributed by atoms with Gasteiger partial charge < -0.3 is 20.7 Å². The van der Waals surface area contributed by atoms with Crippen molar-refractivity contribution in [2.45, 2.75) is 6.42 Å². The molecule has 0 aliphatic heterocycles. The number of amides is 2. The van der Waals surface area contributed by atoms with Gasteiger partial charge in [0.1, 0.15) is 5.75 Å². The summed E-state index contributed by atoms with van der Waals surface area (Å²) in [7, 11) is 1.59. The SMILES string of the molecule is COc1ccc(NC(=O)c2ccc(NCC(=O)NCCc3ccccc3)cc2)cc1. The van der Waals surface area contributed by atoms with E-state index in [2.05, 4.69) is 16.0 Å². The van der Waals surface area contributed by atoms with Crippen molar-refractivity contribution in [1.29, 1.82) is 0 Å². The quantitative estimate of drug-likeness (QED) is 0.509. The zero-order chi connectivity index (χ0) is 21.2. The van der Waals surface area contributed by atoms with Gasteiger partial charge in [0.15, 0.2) is 0 Å². The second-order valence-corrected chi connectivity index (χ2v) is 6.70. The minimum Gasteiger partial charge on any atom is -0.497 e. The fraction of sp³-hybridized carbons (Fsp3) is 0.167. The molecule has 0 heterocycles. The van der Waals surface area contributed by atoms with Gasteiger partial charge in [-0.15, -0.1) is 0 Å². The van der Waals surface area contributed by atoms with Gasteiger partial charge in [-0.25, -0.2) is 0 Å². The number of anilines is 2. The summed E-state index contributed by atoms with van der Waals surface area (Å²) in [5, 5.41) is 8.79. The van der Waals surface area contributed by atoms with E-state index in [0.29, 0.717) is 17.8 Å². The molecule has 0 saturated carbocycles. The van der Waals surface area contributed by atoms with Gasteiger partial charge in [0.25, 0.3) is 5.91 Å². The molecule has 6 nitrogen and oxygen atoms in total. The van der Waals surface area contributed by atoms with Crippen LogP contribution >= 0.6 is 0 Å². The first-order valence-corrected chi connectivity index (χ1v) is 9.74. The molecule has 0 radical (unpaired) electrons. The monoisotopic (exact) mass is 403 g/mol. The summed E-state index contributed by atoms with van der Waals surface area (Å²) in [4.78, 5) is 24.3. The second kappa shape index (κ2) is 10.7. The largest absolute Gasteiger partial charge is 0.497 e. The van der Waals surface area contributed by atoms with Crippen LogP contribution in [-0.2, 0) is 11.2 Å². The van der Waals surface area contributed by atoms with Crippen molar-refractivity contribution in [1.82, 2.24) is 5.32 Å². The first-order valence-electron chi connectivity index (χ1n) is 9.74. The molecule has 154 valence electrons. The minimum absolute atomic E-state index is 0.0766. The molecule has 0 unspecified atom stereocenters. The van der Waals surface area contributed by atoms with E-state index >= 15 is 0 Å². The van der Waals surface area contributed by atoms with Crippen molar-refractivity contribution in [3.8, 4) is 5.75 Å². The smallest absolute Gasteiger partial charge is 0.255 e. The third-order valence-electron chi connectivity index (χ3n) is 4.53. The first kappa shape index (κ1) is 20.9. The normalized spacial score (nSPS) is 10.2. The van der Waals surface area contributed by atoms with Gasteiger partial charge in [-0.1, -0.05) is 30.3 Å². The molecule has 0 saturated heterocycles. The maximum atomic E-state index is 12.4. The van der Waals surface area contributed by atoms with Crippen LogP contribution in [0.25, 0.3) is 0 Å². The number of nitrogens with one attached hydrogen (secondary N) is 3. The van der Waals surface area contributed by atoms with Gasteiger partial charge in [-0.05, 0) is 60.5 Å². The summed E-state index contributed by atoms with van der Waals surface area (Å²) >= 11 is 0. The molecule has 0 aliphatic rings. The molecule has 0 fully saturated rings. The highest BCUT2D eigenvalue weighted by atomic mass is 16.5. The van der Waals surface area contributed by atoms with Crippen LogP contribution in [0.3, 0.4) is 0 Å². The average molecular weight is 403 g/mol. The number of hydrogen-bond acceptors (Lipinski definition) is 4. The Morgan fingerprint density at radius 3 is 2.17 bits per heavy atom. The van der Waals surface area contributed by atoms with E-state index in [4.69, 9.17) is 4.74 Å². The predicted molar refractivity (Wildman–Crippen MR) is 119 cm³/mol. The minimum atomic E-state index is -0.203. The van der Waals surface area contributed by atoms with Gasteiger partial charge >= 0.3 is 0 Å². The highest BCUT2D eigenvalue weighted by Crippen LogP contribution is 2.16. The third-order valence-corrected chi connectivity index (χ3v) is 4.53. The molecule has 3 N–H and O–H groups in total. The molecule has 0 spiro atoms. The molecule has 0 aliphatic carbocycles. The van der Waals surface area contributed by atoms with Crippen LogP contribution in [0, 0.1) is 0 Å². The number of hydrogen-bond donors (Lipinski definition) is 3. The van der Waals surface area contributed by atoms with Crippen molar-refractivity contribution in [2.24, 2.45) is 0 Å². The van der Waals surface area contributed by atoms with Gasteiger partial charge in [-0.3, -0.25) is 9.59 Å². The highest BCUT2D eigenvalue weighted by molar-refractivity contribution is 6.04. The second-order valence-electron chi connectivity index (χ2n) is 6.70. The van der Waals surface area contributed by atoms with Crippen LogP contribution in [0.4, 0.5) is 11.4 Å². The molecule has 3 aromatic rings. The maximum absolute atomic E-state index is 12.4. The van der Waals surface area contributed by atoms with Crippen LogP contribution in [0.5, 0.6) is 5.75 Å². The van der Waals surface area contributed by atoms with Crippen LogP contribution in [0.15, 0.2) is 78.9 Å². The van der Waals surface area contributed by atoms with Gasteiger partial charge in [0.2, 0.25) is 5.91 Å². The molecule has 3 aromatic carbocycles. The van der Waals surface area contributed by atoms with E-state index in [1.54, 1.807) is 55.6 Å². The summed E-state index contributed by atoms with van der Waals surface area (Å²) in [5.74, 6) is 0.449. The Labute approximate surface area is 176 Å². The number of carbonyl (C=O) groups excluding carboxylic acids is 2. The fourth-order valence-corrected chi connectivity index (χ4v) is 2.85. The lowest BCUT2D eigenvalue weighted by Gasteiger charge is -2.09. The first-order chi connectivity index (χ1) is 14.6. The molecule has 6 heteroatoms. The summed E-state index contributed by atoms with van der Waals surface area (Å²) in [5.41, 5.74) is 3.18. The van der Waals surface area contributed by atoms with Crippen molar-refractivity contribution >= 4 is 23.2 Å². The number of benzene rings is 3. The number of rotatable bonds is 9. The van der Waals surface area contributed by atoms with Gasteiger partial charge in [0.05, 0.1) is 13.7 Å². The lowest BCUT2D eigenvalue weighted by atomic mass is 10.1. The van der Waals surface area contributed by atoms with Crippen molar-refractivity contribution in [2.75, 3.05) is 30.8 Å². The molecule has 30 heavy (non-hydrogen) atoms. The van der Waals surface area contributed by atoms with E-state index in [0.717, 1.165) is 17.9 Å². The number of methoxy groups -OCH3 is 1. The van der Waals surface area contributed by atoms with E-state index in [-0.39, 0.29) is 18.4 Å². The molecule has 0 aromatic heterocycles. The predicted octanol–water partition coefficient (Wildman–Crippen LogP) is 3.72. The Kier molecular flexibility index (Phi) is 7.44. The number of carbonyl (C=O) groups is 2. The lowest BCUT2D eigenvalue weighted by molar-refractivity contribution is -0.119. The van der Waals surface area contributed by atoms with Crippen LogP contribution < -0.4 is 20.7 Å². The molecular weight excluding hydrogens is 378 g/mol. The van der Waals surface area contributed by atoms with E-state index in [9.17, 15) is 9.59 Å². The molecule has 3 rings (SSSR count). The average Bonchev–Trinajstić information content (AvgIpc) is 2.79. The van der Waals surface area contributed by atoms with Crippen molar-refractivity contribution in [3.63, 3.8) is 0 Å². The molecule has 0 atom stereocenters. The Hall–Kier alpha value is -3.80. The molecule has 2 amide bonds. The Balaban J connectivity index is 1.42. The van der Waals surface area contributed by atoms with E-state index in [1.165, 1.54) is 5.56 Å². The standard InChI is InChI=1S/C24H25N3O3/c1-30-22-13-11-21(12-14-22)27-24(29)19-7-9-20(10-8-19)26-17-23(28)25-16-15-18-5-3-2-4-6-18/h2-14,26H,15-17H2,1H3,(H,25,28)(H,27,29). The summed E-state index contributed by atoms with van der Waals surface area (Å²) in [6, 6.07) is 24.1. The summed E-state index contributed by atoms with van der Waals surface area (Å²) in [6.45, 7) is 0.765. The summed E-state index contributed by atoms with van der Waals surface area (Å²) in [6.07, 6.45) is 0.796. The number of ether oxygens (including phenoxy) is 1. The summed E-state index contributed by atoms with van der Waals surface area (Å²) < 4.78 is 5.11. The Morgan fingerprint density at radius 1 is 0.833 bits per heavy atom. The van der Waals surface area contributed by atoms with Gasteiger partial charge in [-0.2, -0.15) is 0 Å².